The average Bonchev–Trinajstić information content (AvgIpc) is 3.73. The molecular weight excluding hydrogens is 516 g/mol. The summed E-state index contributed by atoms with van der Waals surface area (Å²) in [7, 11) is 1.64. The van der Waals surface area contributed by atoms with E-state index in [0.29, 0.717) is 29.5 Å². The number of rotatable bonds is 9. The van der Waals surface area contributed by atoms with Gasteiger partial charge in [-0.05, 0) is 78.1 Å². The zero-order chi connectivity index (χ0) is 26.8. The predicted molar refractivity (Wildman–Crippen MR) is 149 cm³/mol. The second-order valence-corrected chi connectivity index (χ2v) is 11.0. The van der Waals surface area contributed by atoms with E-state index < -0.39 is 6.04 Å². The molecule has 2 aromatic carbocycles. The smallest absolute Gasteiger partial charge is 0.253 e. The molecule has 2 aliphatic rings. The van der Waals surface area contributed by atoms with Crippen molar-refractivity contribution in [1.82, 2.24) is 30.1 Å². The van der Waals surface area contributed by atoms with Crippen LogP contribution in [0.15, 0.2) is 53.3 Å². The first-order valence-electron chi connectivity index (χ1n) is 13.7. The Morgan fingerprint density at radius 2 is 1.95 bits per heavy atom. The number of aromatic nitrogens is 5. The molecule has 10 heteroatoms. The molecule has 0 amide bonds. The Kier molecular flexibility index (Phi) is 7.63. The van der Waals surface area contributed by atoms with E-state index in [4.69, 9.17) is 21.1 Å². The first-order valence-corrected chi connectivity index (χ1v) is 14.1. The zero-order valence-corrected chi connectivity index (χ0v) is 22.8. The largest absolute Gasteiger partial charge is 0.497 e. The van der Waals surface area contributed by atoms with Crippen molar-refractivity contribution in [1.29, 1.82) is 0 Å². The molecule has 9 nitrogen and oxygen atoms in total. The van der Waals surface area contributed by atoms with Crippen molar-refractivity contribution in [2.45, 2.75) is 63.3 Å². The van der Waals surface area contributed by atoms with Gasteiger partial charge in [-0.3, -0.25) is 9.69 Å². The molecule has 39 heavy (non-hydrogen) atoms. The Morgan fingerprint density at radius 3 is 2.69 bits per heavy atom. The molecule has 1 aliphatic carbocycles. The zero-order valence-electron chi connectivity index (χ0n) is 22.1. The van der Waals surface area contributed by atoms with Crippen LogP contribution in [0.3, 0.4) is 0 Å². The third kappa shape index (κ3) is 5.57. The summed E-state index contributed by atoms with van der Waals surface area (Å²) < 4.78 is 13.5. The van der Waals surface area contributed by atoms with E-state index in [1.54, 1.807) is 7.11 Å². The van der Waals surface area contributed by atoms with E-state index >= 15 is 0 Å². The Bertz CT molecular complexity index is 1470. The number of fused-ring (bicyclic) bond motifs is 1. The van der Waals surface area contributed by atoms with Gasteiger partial charge in [0.2, 0.25) is 0 Å². The summed E-state index contributed by atoms with van der Waals surface area (Å²) in [6, 6.07) is 15.2. The molecule has 2 aromatic heterocycles. The van der Waals surface area contributed by atoms with Crippen molar-refractivity contribution in [3.8, 4) is 5.75 Å². The van der Waals surface area contributed by atoms with Gasteiger partial charge >= 0.3 is 0 Å². The van der Waals surface area contributed by atoms with Crippen LogP contribution in [0.5, 0.6) is 5.75 Å². The molecule has 2 fully saturated rings. The number of pyridine rings is 1. The predicted octanol–water partition coefficient (Wildman–Crippen LogP) is 5.06. The summed E-state index contributed by atoms with van der Waals surface area (Å²) in [6.07, 6.45) is 6.42. The van der Waals surface area contributed by atoms with Gasteiger partial charge in [0.1, 0.15) is 11.8 Å². The van der Waals surface area contributed by atoms with Gasteiger partial charge in [-0.25, -0.2) is 4.68 Å². The van der Waals surface area contributed by atoms with E-state index in [1.165, 1.54) is 0 Å². The van der Waals surface area contributed by atoms with Crippen molar-refractivity contribution >= 4 is 22.5 Å². The summed E-state index contributed by atoms with van der Waals surface area (Å²) in [4.78, 5) is 19.1. The molecule has 1 saturated heterocycles. The minimum Gasteiger partial charge on any atom is -0.497 e. The number of hydrogen-bond donors (Lipinski definition) is 1. The summed E-state index contributed by atoms with van der Waals surface area (Å²) in [6.45, 7) is 1.97. The monoisotopic (exact) mass is 548 g/mol. The molecule has 1 N–H and O–H groups in total. The van der Waals surface area contributed by atoms with Crippen LogP contribution in [0.2, 0.25) is 5.02 Å². The molecular formula is C29H33ClN6O3. The van der Waals surface area contributed by atoms with Gasteiger partial charge in [0.05, 0.1) is 19.3 Å². The molecule has 6 rings (SSSR count). The van der Waals surface area contributed by atoms with Crippen LogP contribution >= 0.6 is 11.6 Å². The highest BCUT2D eigenvalue weighted by Crippen LogP contribution is 2.35. The van der Waals surface area contributed by atoms with Gasteiger partial charge in [-0.15, -0.1) is 5.10 Å². The van der Waals surface area contributed by atoms with Gasteiger partial charge < -0.3 is 14.5 Å². The van der Waals surface area contributed by atoms with Crippen LogP contribution in [0.4, 0.5) is 0 Å². The normalized spacial score (nSPS) is 18.8. The van der Waals surface area contributed by atoms with Crippen molar-refractivity contribution in [3.63, 3.8) is 0 Å². The molecule has 4 aromatic rings. The second kappa shape index (κ2) is 11.5. The molecule has 0 radical (unpaired) electrons. The number of H-pyrrole nitrogens is 1. The maximum absolute atomic E-state index is 13.8. The Morgan fingerprint density at radius 1 is 1.13 bits per heavy atom. The van der Waals surface area contributed by atoms with Crippen LogP contribution in [0, 0.1) is 0 Å². The Labute approximate surface area is 232 Å². The van der Waals surface area contributed by atoms with Crippen LogP contribution in [0.1, 0.15) is 67.6 Å². The quantitative estimate of drug-likeness (QED) is 0.312. The fourth-order valence-electron chi connectivity index (χ4n) is 5.96. The van der Waals surface area contributed by atoms with Gasteiger partial charge in [0.15, 0.2) is 5.82 Å². The lowest BCUT2D eigenvalue weighted by Crippen LogP contribution is -2.39. The average molecular weight is 549 g/mol. The van der Waals surface area contributed by atoms with E-state index in [2.05, 4.69) is 25.4 Å². The van der Waals surface area contributed by atoms with Crippen molar-refractivity contribution in [2.75, 3.05) is 20.3 Å². The first kappa shape index (κ1) is 26.0. The number of tetrazole rings is 1. The van der Waals surface area contributed by atoms with Gasteiger partial charge in [-0.1, -0.05) is 36.6 Å². The number of halogens is 1. The highest BCUT2D eigenvalue weighted by atomic mass is 35.5. The number of nitrogens with one attached hydrogen (secondary N) is 1. The summed E-state index contributed by atoms with van der Waals surface area (Å²) in [5, 5.41) is 14.7. The van der Waals surface area contributed by atoms with E-state index in [0.717, 1.165) is 67.3 Å². The van der Waals surface area contributed by atoms with Crippen LogP contribution in [0.25, 0.3) is 10.9 Å². The summed E-state index contributed by atoms with van der Waals surface area (Å²) >= 11 is 6.20. The van der Waals surface area contributed by atoms with Gasteiger partial charge in [0.25, 0.3) is 5.56 Å². The standard InChI is InChI=1S/C29H33ClN6O3/c1-38-23-12-13-26-20(15-23)16-25(29(37)31-26)27(28-32-33-34-36(28)22-5-2-3-6-22)35(18-24-7-4-14-39-24)17-19-8-10-21(30)11-9-19/h8-13,15-16,22,24,27H,2-7,14,17-18H2,1H3,(H,31,37)/t24-,27+/m0/s1. The van der Waals surface area contributed by atoms with Gasteiger partial charge in [0, 0.05) is 41.2 Å². The molecule has 1 saturated carbocycles. The number of ether oxygens (including phenoxy) is 2. The Balaban J connectivity index is 1.50. The number of benzene rings is 2. The lowest BCUT2D eigenvalue weighted by Gasteiger charge is -2.33. The van der Waals surface area contributed by atoms with Crippen molar-refractivity contribution < 1.29 is 9.47 Å². The molecule has 0 bridgehead atoms. The molecule has 3 heterocycles. The van der Waals surface area contributed by atoms with Crippen LogP contribution < -0.4 is 10.3 Å². The van der Waals surface area contributed by atoms with Crippen molar-refractivity contribution in [3.05, 3.63) is 80.9 Å². The lowest BCUT2D eigenvalue weighted by atomic mass is 10.0. The maximum atomic E-state index is 13.8. The number of hydrogen-bond acceptors (Lipinski definition) is 7. The summed E-state index contributed by atoms with van der Waals surface area (Å²) in [5.41, 5.74) is 2.27. The fraction of sp³-hybridized carbons (Fsp3) is 0.448. The maximum Gasteiger partial charge on any atom is 0.253 e. The topological polar surface area (TPSA) is 98.2 Å². The van der Waals surface area contributed by atoms with E-state index in [-0.39, 0.29) is 17.7 Å². The second-order valence-electron chi connectivity index (χ2n) is 10.5. The lowest BCUT2D eigenvalue weighted by molar-refractivity contribution is 0.0569. The van der Waals surface area contributed by atoms with Crippen LogP contribution in [-0.2, 0) is 11.3 Å². The molecule has 0 spiro atoms. The van der Waals surface area contributed by atoms with Crippen molar-refractivity contribution in [2.24, 2.45) is 0 Å². The first-order chi connectivity index (χ1) is 19.1. The highest BCUT2D eigenvalue weighted by molar-refractivity contribution is 6.30. The minimum atomic E-state index is -0.486. The third-order valence-corrected chi connectivity index (χ3v) is 8.19. The minimum absolute atomic E-state index is 0.0650. The molecule has 1 aliphatic heterocycles. The van der Waals surface area contributed by atoms with E-state index in [9.17, 15) is 4.79 Å². The SMILES string of the molecule is COc1ccc2[nH]c(=O)c([C@H](c3nnnn3C3CCCC3)N(Cc3ccc(Cl)cc3)C[C@@H]3CCCO3)cc2c1. The molecule has 0 unspecified atom stereocenters. The highest BCUT2D eigenvalue weighted by Gasteiger charge is 2.35. The Hall–Kier alpha value is -3.27. The third-order valence-electron chi connectivity index (χ3n) is 7.93. The van der Waals surface area contributed by atoms with E-state index in [1.807, 2.05) is 53.2 Å². The van der Waals surface area contributed by atoms with Crippen LogP contribution in [-0.4, -0.2) is 56.5 Å². The fourth-order valence-corrected chi connectivity index (χ4v) is 6.08. The number of nitrogens with zero attached hydrogens (tertiary/aromatic N) is 5. The molecule has 2 atom stereocenters. The molecule has 204 valence electrons. The van der Waals surface area contributed by atoms with Gasteiger partial charge in [-0.2, -0.15) is 0 Å². The number of methoxy groups -OCH3 is 1. The number of aromatic amines is 1. The summed E-state index contributed by atoms with van der Waals surface area (Å²) in [5.74, 6) is 1.41.